The van der Waals surface area contributed by atoms with E-state index in [-0.39, 0.29) is 11.8 Å². The molecule has 4 heterocycles. The van der Waals surface area contributed by atoms with Crippen molar-refractivity contribution in [2.24, 2.45) is 0 Å². The Bertz CT molecular complexity index is 3990. The molecule has 0 radical (unpaired) electrons. The first-order valence-corrected chi connectivity index (χ1v) is 25.4. The Hall–Kier alpha value is -8.42. The molecule has 2 bridgehead atoms. The molecule has 0 spiro atoms. The number of hydrogen-bond acceptors (Lipinski definition) is 6. The zero-order valence-corrected chi connectivity index (χ0v) is 39.2. The van der Waals surface area contributed by atoms with E-state index < -0.39 is 0 Å². The van der Waals surface area contributed by atoms with Gasteiger partial charge in [0.25, 0.3) is 0 Å². The molecule has 3 aliphatic carbocycles. The van der Waals surface area contributed by atoms with Gasteiger partial charge in [0.1, 0.15) is 0 Å². The summed E-state index contributed by atoms with van der Waals surface area (Å²) in [5.74, 6) is 1.54. The summed E-state index contributed by atoms with van der Waals surface area (Å²) in [5.41, 5.74) is 17.9. The highest BCUT2D eigenvalue weighted by molar-refractivity contribution is 7.26. The van der Waals surface area contributed by atoms with Crippen molar-refractivity contribution < 1.29 is 0 Å². The summed E-state index contributed by atoms with van der Waals surface area (Å²) < 4.78 is 5.10. The Kier molecular flexibility index (Phi) is 8.79. The molecule has 9 aromatic carbocycles. The maximum atomic E-state index is 5.37. The summed E-state index contributed by atoms with van der Waals surface area (Å²) in [6, 6.07) is 79.0. The summed E-state index contributed by atoms with van der Waals surface area (Å²) in [6.45, 7) is 0. The quantitative estimate of drug-likeness (QED) is 0.167. The molecule has 0 aliphatic heterocycles. The Morgan fingerprint density at radius 3 is 1.06 bits per heavy atom. The van der Waals surface area contributed by atoms with Crippen molar-refractivity contribution in [2.75, 3.05) is 0 Å². The van der Waals surface area contributed by atoms with Crippen LogP contribution in [-0.4, -0.2) is 19.9 Å². The Balaban J connectivity index is 0.851. The Morgan fingerprint density at radius 2 is 0.600 bits per heavy atom. The largest absolute Gasteiger partial charge is 0.228 e. The zero-order valence-electron chi connectivity index (χ0n) is 37.5. The highest BCUT2D eigenvalue weighted by Crippen LogP contribution is 2.57. The fourth-order valence-corrected chi connectivity index (χ4v) is 13.5. The summed E-state index contributed by atoms with van der Waals surface area (Å²) in [7, 11) is 0. The monoisotopic (exact) mass is 926 g/mol. The topological polar surface area (TPSA) is 51.6 Å². The molecule has 16 rings (SSSR count). The third-order valence-corrected chi connectivity index (χ3v) is 16.8. The maximum Gasteiger partial charge on any atom is 0.160 e. The molecule has 13 aromatic rings. The lowest BCUT2D eigenvalue weighted by molar-refractivity contribution is 0.754. The van der Waals surface area contributed by atoms with Gasteiger partial charge in [0.2, 0.25) is 0 Å². The summed E-state index contributed by atoms with van der Waals surface area (Å²) in [4.78, 5) is 21.3. The van der Waals surface area contributed by atoms with E-state index in [9.17, 15) is 0 Å². The normalized spacial score (nSPS) is 14.6. The number of fused-ring (bicyclic) bond motifs is 6. The van der Waals surface area contributed by atoms with Gasteiger partial charge in [-0.05, 0) is 81.9 Å². The number of aromatic nitrogens is 4. The molecule has 0 amide bonds. The van der Waals surface area contributed by atoms with Crippen LogP contribution in [-0.2, 0) is 0 Å². The molecule has 3 aliphatic rings. The highest BCUT2D eigenvalue weighted by Gasteiger charge is 2.41. The molecule has 0 N–H and O–H groups in total. The summed E-state index contributed by atoms with van der Waals surface area (Å²) >= 11 is 3.66. The fourth-order valence-electron chi connectivity index (χ4n) is 11.2. The SMILES string of the molecule is c1ccc(-c2cc(-c3ccc4c(c3)sc3ccccc34)nc(-c3ccc4c(c3)C3c5ccccc5C4c4cc(-c5nc(-c6ccccc6)cc(-c6ccc7c(c6)sc6ccccc67)n5)ccc43)n2)cc1. The number of rotatable bonds is 6. The summed E-state index contributed by atoms with van der Waals surface area (Å²) in [6.07, 6.45) is 0. The van der Waals surface area contributed by atoms with E-state index in [4.69, 9.17) is 19.9 Å². The first-order chi connectivity index (χ1) is 34.6. The first-order valence-electron chi connectivity index (χ1n) is 23.7. The van der Waals surface area contributed by atoms with Gasteiger partial charge in [-0.3, -0.25) is 0 Å². The van der Waals surface area contributed by atoms with Crippen molar-refractivity contribution in [3.05, 3.63) is 252 Å². The van der Waals surface area contributed by atoms with Gasteiger partial charge in [0.05, 0.1) is 22.8 Å². The lowest BCUT2D eigenvalue weighted by Gasteiger charge is -2.42. The van der Waals surface area contributed by atoms with Gasteiger partial charge >= 0.3 is 0 Å². The van der Waals surface area contributed by atoms with Crippen LogP contribution in [0.15, 0.2) is 218 Å². The van der Waals surface area contributed by atoms with E-state index in [0.29, 0.717) is 0 Å². The van der Waals surface area contributed by atoms with Crippen molar-refractivity contribution in [3.63, 3.8) is 0 Å². The van der Waals surface area contributed by atoms with Gasteiger partial charge in [0, 0.05) is 85.6 Å². The van der Waals surface area contributed by atoms with E-state index in [1.54, 1.807) is 0 Å². The van der Waals surface area contributed by atoms with Crippen LogP contribution in [0.5, 0.6) is 0 Å². The molecule has 2 atom stereocenters. The van der Waals surface area contributed by atoms with Crippen LogP contribution in [0.1, 0.15) is 45.2 Å². The van der Waals surface area contributed by atoms with Gasteiger partial charge in [-0.1, -0.05) is 170 Å². The average molecular weight is 927 g/mol. The Morgan fingerprint density at radius 1 is 0.243 bits per heavy atom. The molecule has 0 fully saturated rings. The number of thiophene rings is 2. The van der Waals surface area contributed by atoms with Crippen LogP contribution >= 0.6 is 22.7 Å². The van der Waals surface area contributed by atoms with Crippen LogP contribution in [0, 0.1) is 0 Å². The second kappa shape index (κ2) is 15.6. The van der Waals surface area contributed by atoms with E-state index in [2.05, 4.69) is 218 Å². The fraction of sp³-hybridized carbons (Fsp3) is 0.0312. The number of nitrogens with zero attached hydrogens (tertiary/aromatic N) is 4. The summed E-state index contributed by atoms with van der Waals surface area (Å²) in [5, 5.41) is 5.14. The predicted octanol–water partition coefficient (Wildman–Crippen LogP) is 17.0. The minimum absolute atomic E-state index is 0.0486. The van der Waals surface area contributed by atoms with Crippen molar-refractivity contribution in [1.29, 1.82) is 0 Å². The van der Waals surface area contributed by atoms with Crippen LogP contribution in [0.4, 0.5) is 0 Å². The standard InChI is InChI=1S/C64H38N4S2/c1-3-13-37(14-4-1)53-35-55(39-23-27-45-43-17-9-11-21-57(43)69-59(45)33-39)67-63(65-53)41-25-29-49-51(31-41)61-47-19-7-8-20-48(47)62(49)52-32-42(26-30-50(52)61)64-66-54(38-15-5-2-6-16-38)36-56(68-64)40-24-28-46-44-18-10-12-22-58(44)70-60(46)34-40/h1-36,61-62H. The molecule has 0 saturated carbocycles. The van der Waals surface area contributed by atoms with Gasteiger partial charge in [-0.25, -0.2) is 19.9 Å². The van der Waals surface area contributed by atoms with Crippen LogP contribution in [0.3, 0.4) is 0 Å². The van der Waals surface area contributed by atoms with Gasteiger partial charge in [-0.15, -0.1) is 22.7 Å². The lowest BCUT2D eigenvalue weighted by Crippen LogP contribution is -2.27. The smallest absolute Gasteiger partial charge is 0.160 e. The van der Waals surface area contributed by atoms with E-state index in [1.807, 2.05) is 22.7 Å². The molecular weight excluding hydrogens is 889 g/mol. The first kappa shape index (κ1) is 39.6. The molecule has 6 heteroatoms. The lowest BCUT2D eigenvalue weighted by atomic mass is 9.61. The Labute approximate surface area is 411 Å². The van der Waals surface area contributed by atoms with Crippen molar-refractivity contribution >= 4 is 63.0 Å². The molecule has 2 unspecified atom stereocenters. The molecule has 70 heavy (non-hydrogen) atoms. The molecule has 4 aromatic heterocycles. The van der Waals surface area contributed by atoms with Crippen LogP contribution in [0.25, 0.3) is 108 Å². The van der Waals surface area contributed by atoms with Crippen molar-refractivity contribution in [3.8, 4) is 67.8 Å². The molecule has 4 nitrogen and oxygen atoms in total. The minimum atomic E-state index is 0.0486. The van der Waals surface area contributed by atoms with Gasteiger partial charge in [0.15, 0.2) is 11.6 Å². The number of benzene rings is 9. The average Bonchev–Trinajstić information content (AvgIpc) is 4.00. The maximum absolute atomic E-state index is 5.37. The van der Waals surface area contributed by atoms with Crippen LogP contribution in [0.2, 0.25) is 0 Å². The van der Waals surface area contributed by atoms with Gasteiger partial charge in [-0.2, -0.15) is 0 Å². The molecular formula is C64H38N4S2. The van der Waals surface area contributed by atoms with Crippen molar-refractivity contribution in [1.82, 2.24) is 19.9 Å². The number of hydrogen-bond donors (Lipinski definition) is 0. The van der Waals surface area contributed by atoms with E-state index in [1.165, 1.54) is 73.7 Å². The predicted molar refractivity (Wildman–Crippen MR) is 291 cm³/mol. The second-order valence-corrected chi connectivity index (χ2v) is 20.6. The third-order valence-electron chi connectivity index (χ3n) is 14.5. The second-order valence-electron chi connectivity index (χ2n) is 18.5. The van der Waals surface area contributed by atoms with Crippen LogP contribution < -0.4 is 0 Å². The third kappa shape index (κ3) is 6.27. The molecule has 326 valence electrons. The zero-order chi connectivity index (χ0) is 45.9. The minimum Gasteiger partial charge on any atom is -0.228 e. The van der Waals surface area contributed by atoms with E-state index in [0.717, 1.165) is 67.8 Å². The van der Waals surface area contributed by atoms with Gasteiger partial charge < -0.3 is 0 Å². The van der Waals surface area contributed by atoms with E-state index >= 15 is 0 Å². The molecule has 0 saturated heterocycles. The highest BCUT2D eigenvalue weighted by atomic mass is 32.1. The van der Waals surface area contributed by atoms with Crippen molar-refractivity contribution in [2.45, 2.75) is 11.8 Å².